The first-order valence-electron chi connectivity index (χ1n) is 20.6. The van der Waals surface area contributed by atoms with Gasteiger partial charge in [0.2, 0.25) is 0 Å². The molecule has 3 heterocycles. The standard InChI is InChI=1S/C9H16N4O.C8H14N4O2.C7H14O.C6H12N4.C5H13O3P.C5H12O3S.5CH4/c1-7(14)6-13-8(10-11-12-13)5-9(2,3)4;1-8(2,3)4-6-9-11-12(10-6)5-7(13)14;1-6(8)5-7(2,3)4;1-6(2,3)4-5-7-9-10-8-5;2*1-5(2,3)4-9(6,7)8;;;;;/h5-6H2,1-4H3;4-5H2,1-3H3,(H,13,14);5H2,1-4H3;4H2,1-3H3,(H,7,8,9,10);4H2,1-3H3,(H2,6,7,8);4H2,1-3H3,(H,6,7,8);5*1H4. The van der Waals surface area contributed by atoms with E-state index < -0.39 is 23.7 Å². The minimum absolute atomic E-state index is 0. The number of ketones is 2. The van der Waals surface area contributed by atoms with Crippen LogP contribution in [0.3, 0.4) is 0 Å². The number of carbonyl (C=O) groups excluding carboxylic acids is 2. The van der Waals surface area contributed by atoms with Gasteiger partial charge in [0.1, 0.15) is 12.3 Å². The van der Waals surface area contributed by atoms with Gasteiger partial charge in [0.15, 0.2) is 29.8 Å². The van der Waals surface area contributed by atoms with Gasteiger partial charge in [-0.2, -0.15) is 18.4 Å². The number of carbonyl (C=O) groups is 3. The summed E-state index contributed by atoms with van der Waals surface area (Å²) in [5.41, 5.74) is -0.0113. The van der Waals surface area contributed by atoms with Gasteiger partial charge in [-0.3, -0.25) is 18.7 Å². The number of nitrogens with one attached hydrogen (secondary N) is 1. The molecule has 3 aromatic heterocycles. The Kier molecular flexibility index (Phi) is 40.9. The fourth-order valence-corrected chi connectivity index (χ4v) is 7.14. The van der Waals surface area contributed by atoms with E-state index in [2.05, 4.69) is 135 Å². The van der Waals surface area contributed by atoms with Crippen molar-refractivity contribution in [2.75, 3.05) is 11.9 Å². The van der Waals surface area contributed by atoms with Crippen LogP contribution in [0.2, 0.25) is 0 Å². The molecule has 0 aliphatic heterocycles. The number of aliphatic carboxylic acids is 1. The van der Waals surface area contributed by atoms with Crippen LogP contribution >= 0.6 is 7.60 Å². The molecule has 22 nitrogen and oxygen atoms in total. The molecule has 3 rings (SSSR count). The van der Waals surface area contributed by atoms with Gasteiger partial charge in [-0.1, -0.05) is 167 Å². The van der Waals surface area contributed by atoms with Crippen LogP contribution in [0.5, 0.6) is 0 Å². The topological polar surface area (TPSA) is 325 Å². The van der Waals surface area contributed by atoms with Crippen LogP contribution in [-0.2, 0) is 61.4 Å². The summed E-state index contributed by atoms with van der Waals surface area (Å²) in [7, 11) is -7.57. The van der Waals surface area contributed by atoms with Crippen LogP contribution in [0.15, 0.2) is 0 Å². The van der Waals surface area contributed by atoms with Gasteiger partial charge in [-0.05, 0) is 62.0 Å². The lowest BCUT2D eigenvalue weighted by Gasteiger charge is -2.17. The second-order valence-corrected chi connectivity index (χ2v) is 25.8. The zero-order chi connectivity index (χ0) is 51.3. The Hall–Kier alpha value is -3.92. The first-order chi connectivity index (χ1) is 28.2. The number of rotatable bonds is 10. The average molecular weight is 1030 g/mol. The second kappa shape index (κ2) is 34.4. The van der Waals surface area contributed by atoms with E-state index in [1.807, 2.05) is 0 Å². The quantitative estimate of drug-likeness (QED) is 0.0932. The van der Waals surface area contributed by atoms with Gasteiger partial charge < -0.3 is 19.7 Å². The maximum atomic E-state index is 10.9. The van der Waals surface area contributed by atoms with Crippen LogP contribution in [0.4, 0.5) is 0 Å². The van der Waals surface area contributed by atoms with Crippen molar-refractivity contribution in [3.05, 3.63) is 17.5 Å². The third-order valence-corrected chi connectivity index (χ3v) is 8.87. The summed E-state index contributed by atoms with van der Waals surface area (Å²) < 4.78 is 40.6. The third-order valence-electron chi connectivity index (χ3n) is 6.28. The van der Waals surface area contributed by atoms with Crippen molar-refractivity contribution < 1.29 is 46.8 Å². The van der Waals surface area contributed by atoms with E-state index in [0.29, 0.717) is 18.7 Å². The van der Waals surface area contributed by atoms with E-state index in [0.717, 1.165) is 29.3 Å². The highest BCUT2D eigenvalue weighted by Crippen LogP contribution is 2.41. The number of aromatic nitrogens is 12. The number of carboxylic acid groups (broad SMARTS) is 1. The van der Waals surface area contributed by atoms with Crippen LogP contribution in [0.1, 0.15) is 200 Å². The lowest BCUT2D eigenvalue weighted by atomic mass is 9.91. The third kappa shape index (κ3) is 64.1. The highest BCUT2D eigenvalue weighted by atomic mass is 32.2. The van der Waals surface area contributed by atoms with Gasteiger partial charge in [-0.25, -0.2) is 4.68 Å². The van der Waals surface area contributed by atoms with E-state index >= 15 is 0 Å². The van der Waals surface area contributed by atoms with Crippen molar-refractivity contribution in [1.29, 1.82) is 0 Å². The Morgan fingerprint density at radius 2 is 1.06 bits per heavy atom. The number of aromatic amines is 1. The molecule has 0 atom stereocenters. The number of hydrogen-bond acceptors (Lipinski definition) is 15. The fraction of sp³-hybridized carbons (Fsp3) is 0.867. The molecule has 0 saturated heterocycles. The molecular weight excluding hydrogens is 932 g/mol. The van der Waals surface area contributed by atoms with E-state index in [4.69, 9.17) is 19.4 Å². The lowest BCUT2D eigenvalue weighted by molar-refractivity contribution is -0.138. The SMILES string of the molecule is C.C.C.C.C.CC(=O)CC(C)(C)C.CC(=O)Cn1nnnc1CC(C)(C)C.CC(C)(C)CP(=O)(O)O.CC(C)(C)CS(=O)(=O)O.CC(C)(C)Cc1nn[nH]n1.CC(C)(C)Cc1nnn(CC(=O)O)n1. The smallest absolute Gasteiger partial charge is 0.327 e. The van der Waals surface area contributed by atoms with Gasteiger partial charge in [0, 0.05) is 25.7 Å². The summed E-state index contributed by atoms with van der Waals surface area (Å²) in [5, 5.41) is 44.7. The van der Waals surface area contributed by atoms with Crippen LogP contribution in [0.25, 0.3) is 0 Å². The summed E-state index contributed by atoms with van der Waals surface area (Å²) in [6, 6.07) is 0. The van der Waals surface area contributed by atoms with E-state index in [9.17, 15) is 27.4 Å². The summed E-state index contributed by atoms with van der Waals surface area (Å²) in [4.78, 5) is 49.7. The number of tetrazole rings is 3. The Balaban J connectivity index is -0.000000108. The van der Waals surface area contributed by atoms with Crippen molar-refractivity contribution in [3.63, 3.8) is 0 Å². The van der Waals surface area contributed by atoms with Crippen LogP contribution < -0.4 is 0 Å². The summed E-state index contributed by atoms with van der Waals surface area (Å²) in [5.74, 6) is 1.33. The first kappa shape index (κ1) is 82.0. The minimum Gasteiger partial charge on any atom is -0.480 e. The average Bonchev–Trinajstić information content (AvgIpc) is 3.70. The summed E-state index contributed by atoms with van der Waals surface area (Å²) in [6.07, 6.45) is 2.97. The Labute approximate surface area is 418 Å². The fourth-order valence-electron chi connectivity index (χ4n) is 4.81. The Bertz CT molecular complexity index is 1960. The molecule has 24 heteroatoms. The van der Waals surface area contributed by atoms with Gasteiger partial charge in [0.05, 0.1) is 11.9 Å². The van der Waals surface area contributed by atoms with Crippen molar-refractivity contribution in [2.24, 2.45) is 32.5 Å². The van der Waals surface area contributed by atoms with E-state index in [1.165, 1.54) is 6.92 Å². The number of nitrogens with zero attached hydrogens (tertiary/aromatic N) is 11. The van der Waals surface area contributed by atoms with Gasteiger partial charge in [0.25, 0.3) is 10.1 Å². The van der Waals surface area contributed by atoms with Crippen molar-refractivity contribution in [3.8, 4) is 0 Å². The minimum atomic E-state index is -3.79. The van der Waals surface area contributed by atoms with Crippen LogP contribution in [-0.4, -0.2) is 118 Å². The molecule has 0 spiro atoms. The highest BCUT2D eigenvalue weighted by Gasteiger charge is 2.23. The normalized spacial score (nSPS) is 11.4. The predicted octanol–water partition coefficient (Wildman–Crippen LogP) is 9.31. The highest BCUT2D eigenvalue weighted by molar-refractivity contribution is 7.85. The zero-order valence-corrected chi connectivity index (χ0v) is 43.9. The maximum absolute atomic E-state index is 10.9. The van der Waals surface area contributed by atoms with Crippen molar-refractivity contribution in [2.45, 2.75) is 214 Å². The molecule has 5 N–H and O–H groups in total. The molecule has 0 bridgehead atoms. The molecule has 0 radical (unpaired) electrons. The largest absolute Gasteiger partial charge is 0.480 e. The molecule has 0 amide bonds. The molecule has 69 heavy (non-hydrogen) atoms. The number of carboxylic acids is 1. The molecule has 0 saturated carbocycles. The summed E-state index contributed by atoms with van der Waals surface area (Å²) >= 11 is 0. The molecule has 0 fully saturated rings. The van der Waals surface area contributed by atoms with Gasteiger partial charge >= 0.3 is 13.6 Å². The predicted molar refractivity (Wildman–Crippen MR) is 278 cm³/mol. The molecule has 0 aliphatic carbocycles. The Morgan fingerprint density at radius 3 is 1.32 bits per heavy atom. The second-order valence-electron chi connectivity index (χ2n) is 22.7. The van der Waals surface area contributed by atoms with Crippen molar-refractivity contribution in [1.82, 2.24) is 61.0 Å². The molecule has 412 valence electrons. The van der Waals surface area contributed by atoms with E-state index in [1.54, 1.807) is 53.1 Å². The van der Waals surface area contributed by atoms with E-state index in [-0.39, 0.29) is 106 Å². The molecule has 0 unspecified atom stereocenters. The number of Topliss-reactive ketones (excluding diaryl/α,β-unsaturated/α-hetero) is 2. The molecule has 0 aromatic carbocycles. The van der Waals surface area contributed by atoms with Crippen molar-refractivity contribution >= 4 is 35.2 Å². The number of hydrogen-bond donors (Lipinski definition) is 5. The Morgan fingerprint density at radius 1 is 0.609 bits per heavy atom. The summed E-state index contributed by atoms with van der Waals surface area (Å²) in [6.45, 7) is 39.0. The first-order valence-corrected chi connectivity index (χ1v) is 24.0. The maximum Gasteiger partial charge on any atom is 0.327 e. The number of H-pyrrole nitrogens is 1. The molecule has 0 aliphatic rings. The lowest BCUT2D eigenvalue weighted by Crippen LogP contribution is -2.19. The van der Waals surface area contributed by atoms with Gasteiger partial charge in [-0.15, -0.1) is 25.5 Å². The monoisotopic (exact) mass is 1030 g/mol. The molecular formula is C45H101N12O10PS. The van der Waals surface area contributed by atoms with Crippen LogP contribution in [0, 0.1) is 32.5 Å². The zero-order valence-electron chi connectivity index (χ0n) is 42.2. The molecule has 3 aromatic rings.